The summed E-state index contributed by atoms with van der Waals surface area (Å²) in [6, 6.07) is 3.62. The van der Waals surface area contributed by atoms with Gasteiger partial charge in [-0.2, -0.15) is 0 Å². The summed E-state index contributed by atoms with van der Waals surface area (Å²) < 4.78 is 10.2. The topological polar surface area (TPSA) is 72.2 Å². The van der Waals surface area contributed by atoms with E-state index in [1.54, 1.807) is 13.2 Å². The first-order valence-electron chi connectivity index (χ1n) is 3.62. The molecule has 4 nitrogen and oxygen atoms in total. The van der Waals surface area contributed by atoms with Gasteiger partial charge in [0.05, 0.1) is 12.3 Å². The van der Waals surface area contributed by atoms with Crippen molar-refractivity contribution in [2.45, 2.75) is 13.0 Å². The van der Waals surface area contributed by atoms with Crippen LogP contribution in [0.1, 0.15) is 11.5 Å². The van der Waals surface area contributed by atoms with E-state index in [4.69, 9.17) is 20.3 Å². The van der Waals surface area contributed by atoms with Gasteiger partial charge in [-0.1, -0.05) is 0 Å². The summed E-state index contributed by atoms with van der Waals surface area (Å²) in [5.74, 6) is 1.57. The Balaban J connectivity index is 2.58. The highest BCUT2D eigenvalue weighted by molar-refractivity contribution is 5.78. The molecule has 0 radical (unpaired) electrons. The number of amidine groups is 1. The number of ether oxygens (including phenoxy) is 1. The van der Waals surface area contributed by atoms with Crippen LogP contribution in [0.25, 0.3) is 0 Å². The fraction of sp³-hybridized carbons (Fsp3) is 0.375. The molecule has 3 N–H and O–H groups in total. The van der Waals surface area contributed by atoms with E-state index >= 15 is 0 Å². The van der Waals surface area contributed by atoms with Crippen LogP contribution in [0.4, 0.5) is 0 Å². The summed E-state index contributed by atoms with van der Waals surface area (Å²) in [5.41, 5.74) is 5.20. The molecule has 66 valence electrons. The molecule has 0 spiro atoms. The molecule has 0 aliphatic heterocycles. The zero-order valence-corrected chi connectivity index (χ0v) is 6.96. The zero-order valence-electron chi connectivity index (χ0n) is 6.96. The summed E-state index contributed by atoms with van der Waals surface area (Å²) >= 11 is 0. The predicted molar refractivity (Wildman–Crippen MR) is 45.0 cm³/mol. The quantitative estimate of drug-likeness (QED) is 0.518. The van der Waals surface area contributed by atoms with Crippen LogP contribution in [-0.4, -0.2) is 12.9 Å². The second kappa shape index (κ2) is 3.92. The van der Waals surface area contributed by atoms with Gasteiger partial charge in [-0.25, -0.2) is 0 Å². The first kappa shape index (κ1) is 8.80. The number of hydrogen-bond acceptors (Lipinski definition) is 3. The maximum atomic E-state index is 7.03. The van der Waals surface area contributed by atoms with Crippen LogP contribution >= 0.6 is 0 Å². The van der Waals surface area contributed by atoms with Crippen LogP contribution in [0.2, 0.25) is 0 Å². The van der Waals surface area contributed by atoms with Gasteiger partial charge in [0.15, 0.2) is 0 Å². The summed E-state index contributed by atoms with van der Waals surface area (Å²) in [7, 11) is 1.60. The first-order chi connectivity index (χ1) is 5.72. The summed E-state index contributed by atoms with van der Waals surface area (Å²) in [5, 5.41) is 7.03. The average Bonchev–Trinajstić information content (AvgIpc) is 2.36. The number of nitrogens with one attached hydrogen (secondary N) is 1. The lowest BCUT2D eigenvalue weighted by molar-refractivity contribution is 0.163. The van der Waals surface area contributed by atoms with Crippen molar-refractivity contribution in [1.29, 1.82) is 5.41 Å². The SMILES string of the molecule is COCc1ccc(CC(=N)N)o1. The predicted octanol–water partition coefficient (Wildman–Crippen LogP) is 0.904. The Morgan fingerprint density at radius 1 is 1.58 bits per heavy atom. The van der Waals surface area contributed by atoms with Crippen molar-refractivity contribution in [2.75, 3.05) is 7.11 Å². The Morgan fingerprint density at radius 2 is 2.25 bits per heavy atom. The number of hydrogen-bond donors (Lipinski definition) is 2. The van der Waals surface area contributed by atoms with E-state index in [9.17, 15) is 0 Å². The Bertz CT molecular complexity index is 268. The fourth-order valence-electron chi connectivity index (χ4n) is 0.925. The zero-order chi connectivity index (χ0) is 8.97. The van der Waals surface area contributed by atoms with Gasteiger partial charge in [0.2, 0.25) is 0 Å². The molecule has 0 aromatic carbocycles. The second-order valence-corrected chi connectivity index (χ2v) is 2.50. The Kier molecular flexibility index (Phi) is 2.88. The van der Waals surface area contributed by atoms with Crippen molar-refractivity contribution in [3.05, 3.63) is 23.7 Å². The highest BCUT2D eigenvalue weighted by atomic mass is 16.5. The minimum absolute atomic E-state index is 0.105. The average molecular weight is 168 g/mol. The van der Waals surface area contributed by atoms with Crippen LogP contribution < -0.4 is 5.73 Å². The van der Waals surface area contributed by atoms with Crippen LogP contribution in [-0.2, 0) is 17.8 Å². The van der Waals surface area contributed by atoms with Gasteiger partial charge in [-0.05, 0) is 12.1 Å². The van der Waals surface area contributed by atoms with Gasteiger partial charge in [0, 0.05) is 7.11 Å². The van der Waals surface area contributed by atoms with E-state index in [1.807, 2.05) is 6.07 Å². The van der Waals surface area contributed by atoms with E-state index in [1.165, 1.54) is 0 Å². The number of rotatable bonds is 4. The Hall–Kier alpha value is -1.29. The molecule has 0 aliphatic carbocycles. The van der Waals surface area contributed by atoms with Crippen molar-refractivity contribution in [3.63, 3.8) is 0 Å². The minimum atomic E-state index is 0.105. The molecule has 4 heteroatoms. The highest BCUT2D eigenvalue weighted by Crippen LogP contribution is 2.08. The normalized spacial score (nSPS) is 10.1. The molecule has 0 amide bonds. The third-order valence-electron chi connectivity index (χ3n) is 1.37. The molecule has 0 fully saturated rings. The molecular formula is C8H12N2O2. The van der Waals surface area contributed by atoms with E-state index in [-0.39, 0.29) is 5.84 Å². The van der Waals surface area contributed by atoms with Crippen LogP contribution in [0.5, 0.6) is 0 Å². The van der Waals surface area contributed by atoms with Gasteiger partial charge in [0.25, 0.3) is 0 Å². The van der Waals surface area contributed by atoms with Crippen molar-refractivity contribution in [2.24, 2.45) is 5.73 Å². The lowest BCUT2D eigenvalue weighted by Gasteiger charge is -1.94. The maximum Gasteiger partial charge on any atom is 0.129 e. The summed E-state index contributed by atoms with van der Waals surface area (Å²) in [4.78, 5) is 0. The van der Waals surface area contributed by atoms with Crippen LogP contribution in [0.15, 0.2) is 16.5 Å². The van der Waals surface area contributed by atoms with Crippen molar-refractivity contribution in [1.82, 2.24) is 0 Å². The molecule has 0 bridgehead atoms. The molecule has 0 unspecified atom stereocenters. The largest absolute Gasteiger partial charge is 0.463 e. The van der Waals surface area contributed by atoms with Crippen molar-refractivity contribution < 1.29 is 9.15 Å². The molecule has 0 saturated heterocycles. The molecule has 1 aromatic rings. The monoisotopic (exact) mass is 168 g/mol. The molecule has 0 aliphatic rings. The van der Waals surface area contributed by atoms with Crippen LogP contribution in [0, 0.1) is 5.41 Å². The second-order valence-electron chi connectivity index (χ2n) is 2.50. The standard InChI is InChI=1S/C8H12N2O2/c1-11-5-7-3-2-6(12-7)4-8(9)10/h2-3H,4-5H2,1H3,(H3,9,10). The lowest BCUT2D eigenvalue weighted by Crippen LogP contribution is -2.11. The van der Waals surface area contributed by atoms with E-state index < -0.39 is 0 Å². The van der Waals surface area contributed by atoms with Gasteiger partial charge in [-0.15, -0.1) is 0 Å². The highest BCUT2D eigenvalue weighted by Gasteiger charge is 2.02. The number of methoxy groups -OCH3 is 1. The molecule has 1 heterocycles. The fourth-order valence-corrected chi connectivity index (χ4v) is 0.925. The molecule has 12 heavy (non-hydrogen) atoms. The third kappa shape index (κ3) is 2.39. The molecule has 0 saturated carbocycles. The van der Waals surface area contributed by atoms with E-state index in [0.717, 1.165) is 5.76 Å². The smallest absolute Gasteiger partial charge is 0.129 e. The minimum Gasteiger partial charge on any atom is -0.463 e. The third-order valence-corrected chi connectivity index (χ3v) is 1.37. The van der Waals surface area contributed by atoms with Gasteiger partial charge >= 0.3 is 0 Å². The lowest BCUT2D eigenvalue weighted by atomic mass is 10.3. The Morgan fingerprint density at radius 3 is 2.83 bits per heavy atom. The molecule has 1 rings (SSSR count). The Labute approximate surface area is 70.8 Å². The summed E-state index contributed by atoms with van der Waals surface area (Å²) in [6.45, 7) is 0.456. The van der Waals surface area contributed by atoms with Gasteiger partial charge in [0.1, 0.15) is 18.1 Å². The molecule has 0 atom stereocenters. The van der Waals surface area contributed by atoms with Gasteiger partial charge in [-0.3, -0.25) is 5.41 Å². The summed E-state index contributed by atoms with van der Waals surface area (Å²) in [6.07, 6.45) is 0.365. The van der Waals surface area contributed by atoms with Crippen molar-refractivity contribution >= 4 is 5.84 Å². The van der Waals surface area contributed by atoms with Crippen LogP contribution in [0.3, 0.4) is 0 Å². The number of nitrogens with two attached hydrogens (primary N) is 1. The van der Waals surface area contributed by atoms with Crippen molar-refractivity contribution in [3.8, 4) is 0 Å². The van der Waals surface area contributed by atoms with E-state index in [0.29, 0.717) is 18.8 Å². The van der Waals surface area contributed by atoms with Gasteiger partial charge < -0.3 is 14.9 Å². The maximum absolute atomic E-state index is 7.03. The van der Waals surface area contributed by atoms with E-state index in [2.05, 4.69) is 0 Å². The molecule has 1 aromatic heterocycles. The number of furan rings is 1. The molecular weight excluding hydrogens is 156 g/mol. The first-order valence-corrected chi connectivity index (χ1v) is 3.62.